The second-order valence-corrected chi connectivity index (χ2v) is 3.35. The van der Waals surface area contributed by atoms with Gasteiger partial charge in [-0.3, -0.25) is 0 Å². The fourth-order valence-corrected chi connectivity index (χ4v) is 1.51. The smallest absolute Gasteiger partial charge is 0.137 e. The minimum Gasteiger partial charge on any atom is -0.239 e. The summed E-state index contributed by atoms with van der Waals surface area (Å²) >= 11 is 5.81. The van der Waals surface area contributed by atoms with E-state index in [1.54, 1.807) is 12.1 Å². The molecule has 0 amide bonds. The van der Waals surface area contributed by atoms with Crippen LogP contribution in [0.1, 0.15) is 18.4 Å². The zero-order valence-corrected chi connectivity index (χ0v) is 6.74. The fraction of sp³-hybridized carbons (Fsp3) is 0.333. The molecule has 0 spiro atoms. The molecule has 1 aliphatic carbocycles. The highest BCUT2D eigenvalue weighted by molar-refractivity contribution is 6.31. The molecule has 0 unspecified atom stereocenters. The minimum absolute atomic E-state index is 0.549. The third kappa shape index (κ3) is 1.14. The van der Waals surface area contributed by atoms with Gasteiger partial charge in [-0.1, -0.05) is 29.8 Å². The van der Waals surface area contributed by atoms with E-state index in [2.05, 4.69) is 0 Å². The number of alkyl halides is 1. The Morgan fingerprint density at radius 2 is 1.91 bits per heavy atom. The van der Waals surface area contributed by atoms with Crippen molar-refractivity contribution in [2.24, 2.45) is 0 Å². The van der Waals surface area contributed by atoms with Gasteiger partial charge in [-0.25, -0.2) is 4.39 Å². The summed E-state index contributed by atoms with van der Waals surface area (Å²) in [7, 11) is 0. The molecule has 1 saturated carbocycles. The van der Waals surface area contributed by atoms with Crippen molar-refractivity contribution in [2.75, 3.05) is 0 Å². The van der Waals surface area contributed by atoms with Crippen LogP contribution in [-0.4, -0.2) is 0 Å². The molecule has 0 atom stereocenters. The van der Waals surface area contributed by atoms with Gasteiger partial charge in [0.15, 0.2) is 0 Å². The summed E-state index contributed by atoms with van der Waals surface area (Å²) in [6.45, 7) is 0. The molecule has 0 N–H and O–H groups in total. The van der Waals surface area contributed by atoms with Crippen LogP contribution in [0.2, 0.25) is 5.02 Å². The van der Waals surface area contributed by atoms with Crippen molar-refractivity contribution in [2.45, 2.75) is 18.5 Å². The largest absolute Gasteiger partial charge is 0.239 e. The molecule has 1 aromatic rings. The Morgan fingerprint density at radius 3 is 2.45 bits per heavy atom. The van der Waals surface area contributed by atoms with E-state index in [9.17, 15) is 4.39 Å². The van der Waals surface area contributed by atoms with Crippen molar-refractivity contribution in [1.82, 2.24) is 0 Å². The predicted molar refractivity (Wildman–Crippen MR) is 43.5 cm³/mol. The van der Waals surface area contributed by atoms with Gasteiger partial charge in [-0.05, 0) is 18.9 Å². The van der Waals surface area contributed by atoms with Gasteiger partial charge in [0, 0.05) is 10.6 Å². The second kappa shape index (κ2) is 2.21. The molecule has 58 valence electrons. The summed E-state index contributed by atoms with van der Waals surface area (Å²) < 4.78 is 13.4. The van der Waals surface area contributed by atoms with E-state index >= 15 is 0 Å². The van der Waals surface area contributed by atoms with E-state index in [4.69, 9.17) is 11.6 Å². The number of hydrogen-bond donors (Lipinski definition) is 0. The average Bonchev–Trinajstić information content (AvgIpc) is 2.70. The van der Waals surface area contributed by atoms with Crippen LogP contribution in [-0.2, 0) is 5.67 Å². The van der Waals surface area contributed by atoms with Crippen LogP contribution in [0.3, 0.4) is 0 Å². The van der Waals surface area contributed by atoms with E-state index in [1.807, 2.05) is 12.1 Å². The highest BCUT2D eigenvalue weighted by Crippen LogP contribution is 2.51. The maximum Gasteiger partial charge on any atom is 0.137 e. The van der Waals surface area contributed by atoms with Crippen molar-refractivity contribution in [3.63, 3.8) is 0 Å². The van der Waals surface area contributed by atoms with Gasteiger partial charge in [0.25, 0.3) is 0 Å². The van der Waals surface area contributed by atoms with Gasteiger partial charge in [0.05, 0.1) is 0 Å². The first-order valence-corrected chi connectivity index (χ1v) is 4.04. The minimum atomic E-state index is -1.10. The zero-order valence-electron chi connectivity index (χ0n) is 5.98. The molecule has 2 heteroatoms. The Kier molecular flexibility index (Phi) is 1.43. The third-order valence-electron chi connectivity index (χ3n) is 2.05. The van der Waals surface area contributed by atoms with Crippen LogP contribution in [0, 0.1) is 0 Å². The Hall–Kier alpha value is -0.560. The molecule has 1 aromatic carbocycles. The lowest BCUT2D eigenvalue weighted by Gasteiger charge is -2.05. The molecule has 0 aromatic heterocycles. The van der Waals surface area contributed by atoms with Crippen LogP contribution in [0.4, 0.5) is 4.39 Å². The summed E-state index contributed by atoms with van der Waals surface area (Å²) in [4.78, 5) is 0. The van der Waals surface area contributed by atoms with Crippen molar-refractivity contribution < 1.29 is 4.39 Å². The summed E-state index contributed by atoms with van der Waals surface area (Å²) in [5.41, 5.74) is -0.445. The van der Waals surface area contributed by atoms with E-state index in [0.717, 1.165) is 0 Å². The molecule has 11 heavy (non-hydrogen) atoms. The fourth-order valence-electron chi connectivity index (χ4n) is 1.20. The molecular weight excluding hydrogens is 163 g/mol. The van der Waals surface area contributed by atoms with Crippen LogP contribution < -0.4 is 0 Å². The molecule has 0 heterocycles. The number of benzene rings is 1. The normalized spacial score (nSPS) is 19.8. The lowest BCUT2D eigenvalue weighted by molar-refractivity contribution is 0.317. The Morgan fingerprint density at radius 1 is 1.27 bits per heavy atom. The van der Waals surface area contributed by atoms with Crippen molar-refractivity contribution in [3.05, 3.63) is 34.9 Å². The van der Waals surface area contributed by atoms with Gasteiger partial charge in [-0.15, -0.1) is 0 Å². The first kappa shape index (κ1) is 7.11. The molecule has 0 nitrogen and oxygen atoms in total. The summed E-state index contributed by atoms with van der Waals surface area (Å²) in [6.07, 6.45) is 1.24. The SMILES string of the molecule is FC1(c2ccccc2Cl)CC1. The molecule has 0 bridgehead atoms. The van der Waals surface area contributed by atoms with Crippen LogP contribution in [0.5, 0.6) is 0 Å². The Bertz CT molecular complexity index is 279. The van der Waals surface area contributed by atoms with Crippen LogP contribution in [0.15, 0.2) is 24.3 Å². The topological polar surface area (TPSA) is 0 Å². The Balaban J connectivity index is 2.45. The molecular formula is C9H8ClF. The van der Waals surface area contributed by atoms with E-state index in [-0.39, 0.29) is 0 Å². The monoisotopic (exact) mass is 170 g/mol. The number of halogens is 2. The lowest BCUT2D eigenvalue weighted by Crippen LogP contribution is -1.97. The quantitative estimate of drug-likeness (QED) is 0.607. The van der Waals surface area contributed by atoms with E-state index < -0.39 is 5.67 Å². The molecule has 0 saturated heterocycles. The highest BCUT2D eigenvalue weighted by Gasteiger charge is 2.46. The van der Waals surface area contributed by atoms with Crippen molar-refractivity contribution in [3.8, 4) is 0 Å². The molecule has 1 aliphatic rings. The summed E-state index contributed by atoms with van der Waals surface area (Å²) in [5, 5.41) is 0.549. The van der Waals surface area contributed by atoms with E-state index in [1.165, 1.54) is 0 Å². The van der Waals surface area contributed by atoms with E-state index in [0.29, 0.717) is 23.4 Å². The second-order valence-electron chi connectivity index (χ2n) is 2.95. The maximum absolute atomic E-state index is 13.4. The van der Waals surface area contributed by atoms with Gasteiger partial charge in [0.2, 0.25) is 0 Å². The maximum atomic E-state index is 13.4. The molecule has 0 radical (unpaired) electrons. The number of hydrogen-bond acceptors (Lipinski definition) is 0. The zero-order chi connectivity index (χ0) is 7.90. The summed E-state index contributed by atoms with van der Waals surface area (Å²) in [5.74, 6) is 0. The van der Waals surface area contributed by atoms with Gasteiger partial charge < -0.3 is 0 Å². The first-order valence-electron chi connectivity index (χ1n) is 3.66. The average molecular weight is 171 g/mol. The Labute approximate surface area is 70.0 Å². The number of rotatable bonds is 1. The standard InChI is InChI=1S/C9H8ClF/c10-8-4-2-1-3-7(8)9(11)5-6-9/h1-4H,5-6H2. The van der Waals surface area contributed by atoms with Crippen molar-refractivity contribution in [1.29, 1.82) is 0 Å². The molecule has 2 rings (SSSR count). The van der Waals surface area contributed by atoms with Crippen molar-refractivity contribution >= 4 is 11.6 Å². The van der Waals surface area contributed by atoms with Gasteiger partial charge in [-0.2, -0.15) is 0 Å². The molecule has 1 fully saturated rings. The third-order valence-corrected chi connectivity index (χ3v) is 2.38. The van der Waals surface area contributed by atoms with Gasteiger partial charge in [0.1, 0.15) is 5.67 Å². The predicted octanol–water partition coefficient (Wildman–Crippen LogP) is 3.30. The summed E-state index contributed by atoms with van der Waals surface area (Å²) in [6, 6.07) is 7.13. The highest BCUT2D eigenvalue weighted by atomic mass is 35.5. The van der Waals surface area contributed by atoms with Crippen LogP contribution in [0.25, 0.3) is 0 Å². The van der Waals surface area contributed by atoms with Crippen LogP contribution >= 0.6 is 11.6 Å². The lowest BCUT2D eigenvalue weighted by atomic mass is 10.1. The first-order chi connectivity index (χ1) is 5.22. The molecule has 0 aliphatic heterocycles. The van der Waals surface area contributed by atoms with Gasteiger partial charge >= 0.3 is 0 Å².